The van der Waals surface area contributed by atoms with E-state index in [2.05, 4.69) is 14.7 Å². The third-order valence-electron chi connectivity index (χ3n) is 3.86. The molecule has 1 saturated heterocycles. The molecule has 1 amide bonds. The topological polar surface area (TPSA) is 77.7 Å². The number of hydrogen-bond donors (Lipinski definition) is 0. The van der Waals surface area contributed by atoms with Gasteiger partial charge in [0.1, 0.15) is 11.8 Å². The van der Waals surface area contributed by atoms with Crippen LogP contribution in [0.25, 0.3) is 0 Å². The van der Waals surface area contributed by atoms with Gasteiger partial charge >= 0.3 is 5.92 Å². The molecule has 1 aliphatic rings. The summed E-state index contributed by atoms with van der Waals surface area (Å²) in [6.45, 7) is 2.08. The van der Waals surface area contributed by atoms with Crippen molar-refractivity contribution in [1.29, 1.82) is 0 Å². The second-order valence-corrected chi connectivity index (χ2v) is 5.38. The van der Waals surface area contributed by atoms with Crippen LogP contribution in [-0.4, -0.2) is 47.3 Å². The molecule has 0 saturated carbocycles. The second kappa shape index (κ2) is 7.14. The minimum absolute atomic E-state index is 0.00440. The molecule has 1 aromatic heterocycles. The number of carbonyl (C=O) groups is 1. The van der Waals surface area contributed by atoms with Crippen molar-refractivity contribution < 1.29 is 27.6 Å². The van der Waals surface area contributed by atoms with Crippen molar-refractivity contribution in [3.8, 4) is 5.75 Å². The highest BCUT2D eigenvalue weighted by molar-refractivity contribution is 5.86. The number of ether oxygens (including phenoxy) is 2. The molecule has 1 aromatic carbocycles. The maximum Gasteiger partial charge on any atom is 0.353 e. The lowest BCUT2D eigenvalue weighted by Gasteiger charge is -2.36. The molecule has 134 valence electrons. The predicted octanol–water partition coefficient (Wildman–Crippen LogP) is 2.16. The Balaban J connectivity index is 1.92. The molecule has 0 aliphatic carbocycles. The Labute approximate surface area is 142 Å². The lowest BCUT2D eigenvalue weighted by molar-refractivity contribution is -0.168. The number of benzene rings is 1. The van der Waals surface area contributed by atoms with Crippen LogP contribution >= 0.6 is 0 Å². The number of para-hydroxylation sites is 1. The molecule has 2 aromatic rings. The first-order valence-corrected chi connectivity index (χ1v) is 7.81. The highest BCUT2D eigenvalue weighted by Gasteiger charge is 2.49. The smallest absolute Gasteiger partial charge is 0.353 e. The number of aromatic nitrogens is 2. The molecule has 0 N–H and O–H groups in total. The lowest BCUT2D eigenvalue weighted by Crippen LogP contribution is -2.49. The van der Waals surface area contributed by atoms with E-state index in [9.17, 15) is 13.6 Å². The zero-order valence-corrected chi connectivity index (χ0v) is 13.5. The molecule has 0 spiro atoms. The normalized spacial score (nSPS) is 18.2. The zero-order valence-electron chi connectivity index (χ0n) is 13.5. The number of morpholine rings is 1. The number of alkyl halides is 2. The van der Waals surface area contributed by atoms with Crippen LogP contribution in [0.4, 0.5) is 8.78 Å². The third kappa shape index (κ3) is 3.32. The number of carbonyl (C=O) groups excluding carboxylic acids is 1. The van der Waals surface area contributed by atoms with Crippen LogP contribution in [0.5, 0.6) is 5.75 Å². The number of hydrogen-bond acceptors (Lipinski definition) is 6. The summed E-state index contributed by atoms with van der Waals surface area (Å²) in [6, 6.07) is 4.79. The standard InChI is InChI=1S/C16H17F2N3O4/c1-2-24-13-6-4-3-5-11(13)16(17,18)15(22)21-7-8-23-9-12(21)14-19-10-25-20-14/h3-6,10,12H,2,7-9H2,1H3/t12-/m1/s1. The Hall–Kier alpha value is -2.55. The molecule has 0 radical (unpaired) electrons. The van der Waals surface area contributed by atoms with Crippen molar-refractivity contribution in [3.63, 3.8) is 0 Å². The Bertz CT molecular complexity index is 724. The van der Waals surface area contributed by atoms with Gasteiger partial charge in [-0.3, -0.25) is 4.79 Å². The first kappa shape index (κ1) is 17.3. The SMILES string of the molecule is CCOc1ccccc1C(F)(F)C(=O)N1CCOC[C@@H]1c1ncon1. The molecule has 7 nitrogen and oxygen atoms in total. The fourth-order valence-electron chi connectivity index (χ4n) is 2.69. The van der Waals surface area contributed by atoms with Crippen LogP contribution in [-0.2, 0) is 15.5 Å². The molecule has 3 rings (SSSR count). The van der Waals surface area contributed by atoms with Gasteiger partial charge in [0.25, 0.3) is 5.91 Å². The average molecular weight is 353 g/mol. The fourth-order valence-corrected chi connectivity index (χ4v) is 2.69. The molecule has 2 heterocycles. The number of halogens is 2. The minimum Gasteiger partial charge on any atom is -0.493 e. The molecular weight excluding hydrogens is 336 g/mol. The van der Waals surface area contributed by atoms with Crippen LogP contribution in [0, 0.1) is 0 Å². The Morgan fingerprint density at radius 1 is 1.44 bits per heavy atom. The summed E-state index contributed by atoms with van der Waals surface area (Å²) in [6.07, 6.45) is 1.08. The van der Waals surface area contributed by atoms with Crippen LogP contribution in [0.15, 0.2) is 35.2 Å². The molecule has 0 bridgehead atoms. The zero-order chi connectivity index (χ0) is 17.9. The highest BCUT2D eigenvalue weighted by Crippen LogP contribution is 2.38. The minimum atomic E-state index is -3.76. The molecule has 0 unspecified atom stereocenters. The largest absolute Gasteiger partial charge is 0.493 e. The predicted molar refractivity (Wildman–Crippen MR) is 81.1 cm³/mol. The van der Waals surface area contributed by atoms with Crippen molar-refractivity contribution in [2.24, 2.45) is 0 Å². The monoisotopic (exact) mass is 353 g/mol. The van der Waals surface area contributed by atoms with Gasteiger partial charge in [0.15, 0.2) is 5.82 Å². The van der Waals surface area contributed by atoms with Gasteiger partial charge in [0.2, 0.25) is 6.39 Å². The van der Waals surface area contributed by atoms with E-state index in [1.807, 2.05) is 0 Å². The lowest BCUT2D eigenvalue weighted by atomic mass is 10.0. The molecule has 1 aliphatic heterocycles. The summed E-state index contributed by atoms with van der Waals surface area (Å²) in [4.78, 5) is 17.5. The second-order valence-electron chi connectivity index (χ2n) is 5.38. The summed E-state index contributed by atoms with van der Waals surface area (Å²) in [5.41, 5.74) is -0.472. The van der Waals surface area contributed by atoms with Gasteiger partial charge in [-0.2, -0.15) is 13.8 Å². The summed E-state index contributed by atoms with van der Waals surface area (Å²) in [7, 11) is 0. The van der Waals surface area contributed by atoms with Gasteiger partial charge < -0.3 is 18.9 Å². The fraction of sp³-hybridized carbons (Fsp3) is 0.438. The van der Waals surface area contributed by atoms with E-state index >= 15 is 0 Å². The first-order chi connectivity index (χ1) is 12.1. The van der Waals surface area contributed by atoms with E-state index in [0.717, 1.165) is 11.3 Å². The van der Waals surface area contributed by atoms with Gasteiger partial charge in [0.05, 0.1) is 25.4 Å². The van der Waals surface area contributed by atoms with Gasteiger partial charge in [-0.15, -0.1) is 0 Å². The average Bonchev–Trinajstić information content (AvgIpc) is 3.16. The maximum absolute atomic E-state index is 15.0. The molecule has 1 fully saturated rings. The van der Waals surface area contributed by atoms with E-state index in [1.54, 1.807) is 13.0 Å². The summed E-state index contributed by atoms with van der Waals surface area (Å²) in [5, 5.41) is 3.64. The maximum atomic E-state index is 15.0. The number of rotatable bonds is 5. The molecule has 1 atom stereocenters. The van der Waals surface area contributed by atoms with Gasteiger partial charge in [-0.25, -0.2) is 0 Å². The van der Waals surface area contributed by atoms with Gasteiger partial charge in [-0.05, 0) is 19.1 Å². The van der Waals surface area contributed by atoms with Crippen LogP contribution in [0.2, 0.25) is 0 Å². The van der Waals surface area contributed by atoms with E-state index in [-0.39, 0.29) is 37.9 Å². The molecule has 9 heteroatoms. The Morgan fingerprint density at radius 2 is 2.24 bits per heavy atom. The molecule has 25 heavy (non-hydrogen) atoms. The summed E-state index contributed by atoms with van der Waals surface area (Å²) < 4.78 is 45.1. The quantitative estimate of drug-likeness (QED) is 0.820. The van der Waals surface area contributed by atoms with Gasteiger partial charge in [0, 0.05) is 6.54 Å². The third-order valence-corrected chi connectivity index (χ3v) is 3.86. The van der Waals surface area contributed by atoms with Crippen molar-refractivity contribution in [1.82, 2.24) is 15.0 Å². The highest BCUT2D eigenvalue weighted by atomic mass is 19.3. The number of amides is 1. The Morgan fingerprint density at radius 3 is 2.96 bits per heavy atom. The first-order valence-electron chi connectivity index (χ1n) is 7.81. The van der Waals surface area contributed by atoms with Crippen LogP contribution in [0.1, 0.15) is 24.4 Å². The van der Waals surface area contributed by atoms with Gasteiger partial charge in [-0.1, -0.05) is 17.3 Å². The van der Waals surface area contributed by atoms with E-state index in [0.29, 0.717) is 0 Å². The van der Waals surface area contributed by atoms with E-state index in [1.165, 1.54) is 18.2 Å². The molecular formula is C16H17F2N3O4. The van der Waals surface area contributed by atoms with E-state index in [4.69, 9.17) is 9.47 Å². The Kier molecular flexibility index (Phi) is 4.93. The van der Waals surface area contributed by atoms with E-state index < -0.39 is 23.4 Å². The van der Waals surface area contributed by atoms with Crippen LogP contribution < -0.4 is 4.74 Å². The van der Waals surface area contributed by atoms with Crippen molar-refractivity contribution in [3.05, 3.63) is 42.0 Å². The van der Waals surface area contributed by atoms with Crippen molar-refractivity contribution >= 4 is 5.91 Å². The summed E-state index contributed by atoms with van der Waals surface area (Å²) in [5.74, 6) is -5.00. The number of nitrogens with zero attached hydrogens (tertiary/aromatic N) is 3. The van der Waals surface area contributed by atoms with Crippen molar-refractivity contribution in [2.45, 2.75) is 18.9 Å². The summed E-state index contributed by atoms with van der Waals surface area (Å²) >= 11 is 0. The van der Waals surface area contributed by atoms with Crippen molar-refractivity contribution in [2.75, 3.05) is 26.4 Å². The van der Waals surface area contributed by atoms with Crippen LogP contribution in [0.3, 0.4) is 0 Å².